The molecule has 1 heterocycles. The molecule has 0 radical (unpaired) electrons. The molecule has 2 rings (SSSR count). The Hall–Kier alpha value is -1.60. The third-order valence-corrected chi connectivity index (χ3v) is 4.91. The van der Waals surface area contributed by atoms with Crippen LogP contribution in [-0.4, -0.2) is 31.7 Å². The Balaban J connectivity index is 2.25. The molecule has 0 aromatic heterocycles. The number of hydrogen-bond donors (Lipinski definition) is 2. The fraction of sp³-hybridized carbons (Fsp3) is 0.364. The van der Waals surface area contributed by atoms with Gasteiger partial charge in [-0.05, 0) is 24.6 Å². The predicted molar refractivity (Wildman–Crippen MR) is 66.9 cm³/mol. The molecule has 7 heteroatoms. The highest BCUT2D eigenvalue weighted by Crippen LogP contribution is 2.24. The van der Waals surface area contributed by atoms with Crippen LogP contribution in [0.3, 0.4) is 0 Å². The molecule has 1 aromatic carbocycles. The van der Waals surface area contributed by atoms with Crippen molar-refractivity contribution in [1.82, 2.24) is 4.31 Å². The Morgan fingerprint density at radius 2 is 2.11 bits per heavy atom. The number of carbonyl (C=O) groups is 1. The third-order valence-electron chi connectivity index (χ3n) is 3.05. The number of nitrogen functional groups attached to an aromatic ring is 1. The number of amides is 1. The average molecular weight is 269 g/mol. The van der Waals surface area contributed by atoms with Crippen molar-refractivity contribution in [2.75, 3.05) is 18.8 Å². The molecule has 1 saturated heterocycles. The fourth-order valence-electron chi connectivity index (χ4n) is 2.00. The monoisotopic (exact) mass is 269 g/mol. The molecule has 98 valence electrons. The van der Waals surface area contributed by atoms with Gasteiger partial charge in [0.05, 0.1) is 10.8 Å². The highest BCUT2D eigenvalue weighted by molar-refractivity contribution is 7.89. The summed E-state index contributed by atoms with van der Waals surface area (Å²) in [7, 11) is -3.58. The van der Waals surface area contributed by atoms with Crippen LogP contribution in [0.15, 0.2) is 29.2 Å². The van der Waals surface area contributed by atoms with Crippen LogP contribution in [0.2, 0.25) is 0 Å². The van der Waals surface area contributed by atoms with Crippen molar-refractivity contribution in [3.8, 4) is 0 Å². The number of nitrogens with two attached hydrogens (primary N) is 2. The van der Waals surface area contributed by atoms with Crippen molar-refractivity contribution < 1.29 is 13.2 Å². The lowest BCUT2D eigenvalue weighted by molar-refractivity contribution is -0.121. The highest BCUT2D eigenvalue weighted by Gasteiger charge is 2.34. The average Bonchev–Trinajstić information content (AvgIpc) is 2.79. The fourth-order valence-corrected chi connectivity index (χ4v) is 3.56. The molecule has 1 aliphatic heterocycles. The minimum atomic E-state index is -3.58. The first kappa shape index (κ1) is 12.8. The summed E-state index contributed by atoms with van der Waals surface area (Å²) in [6.45, 7) is 0.456. The van der Waals surface area contributed by atoms with E-state index in [4.69, 9.17) is 11.5 Å². The second-order valence-corrected chi connectivity index (χ2v) is 6.26. The number of nitrogens with zero attached hydrogens (tertiary/aromatic N) is 1. The van der Waals surface area contributed by atoms with Gasteiger partial charge in [-0.3, -0.25) is 4.79 Å². The number of hydrogen-bond acceptors (Lipinski definition) is 4. The lowest BCUT2D eigenvalue weighted by atomic mass is 10.1. The molecule has 1 aliphatic rings. The summed E-state index contributed by atoms with van der Waals surface area (Å²) in [5.41, 5.74) is 11.1. The smallest absolute Gasteiger partial charge is 0.243 e. The van der Waals surface area contributed by atoms with Crippen molar-refractivity contribution in [2.24, 2.45) is 11.7 Å². The number of benzene rings is 1. The van der Waals surface area contributed by atoms with E-state index in [1.807, 2.05) is 0 Å². The van der Waals surface area contributed by atoms with E-state index in [-0.39, 0.29) is 11.4 Å². The van der Waals surface area contributed by atoms with Gasteiger partial charge in [0.2, 0.25) is 15.9 Å². The lowest BCUT2D eigenvalue weighted by Gasteiger charge is -2.16. The topological polar surface area (TPSA) is 106 Å². The Bertz CT molecular complexity index is 571. The Morgan fingerprint density at radius 3 is 2.67 bits per heavy atom. The predicted octanol–water partition coefficient (Wildman–Crippen LogP) is -0.235. The summed E-state index contributed by atoms with van der Waals surface area (Å²) in [6.07, 6.45) is 0.469. The highest BCUT2D eigenvalue weighted by atomic mass is 32.2. The van der Waals surface area contributed by atoms with E-state index >= 15 is 0 Å². The molecule has 18 heavy (non-hydrogen) atoms. The van der Waals surface area contributed by atoms with Crippen molar-refractivity contribution in [3.63, 3.8) is 0 Å². The van der Waals surface area contributed by atoms with Gasteiger partial charge in [-0.2, -0.15) is 4.31 Å². The first-order valence-electron chi connectivity index (χ1n) is 5.56. The van der Waals surface area contributed by atoms with Gasteiger partial charge < -0.3 is 11.5 Å². The molecular formula is C11H15N3O3S. The van der Waals surface area contributed by atoms with Crippen molar-refractivity contribution >= 4 is 21.6 Å². The quantitative estimate of drug-likeness (QED) is 0.739. The number of rotatable bonds is 3. The minimum absolute atomic E-state index is 0.145. The first-order valence-corrected chi connectivity index (χ1v) is 7.00. The second-order valence-electron chi connectivity index (χ2n) is 4.32. The SMILES string of the molecule is NC(=O)C1CCN(S(=O)(=O)c2cccc(N)c2)C1. The largest absolute Gasteiger partial charge is 0.399 e. The van der Waals surface area contributed by atoms with Crippen LogP contribution in [0.1, 0.15) is 6.42 Å². The second kappa shape index (κ2) is 4.58. The zero-order valence-electron chi connectivity index (χ0n) is 9.74. The molecule has 1 amide bonds. The van der Waals surface area contributed by atoms with Crippen LogP contribution < -0.4 is 11.5 Å². The Labute approximate surface area is 106 Å². The van der Waals surface area contributed by atoms with Crippen LogP contribution >= 0.6 is 0 Å². The number of carbonyl (C=O) groups excluding carboxylic acids is 1. The van der Waals surface area contributed by atoms with Crippen molar-refractivity contribution in [2.45, 2.75) is 11.3 Å². The van der Waals surface area contributed by atoms with E-state index in [0.717, 1.165) is 0 Å². The summed E-state index contributed by atoms with van der Waals surface area (Å²) in [5.74, 6) is -0.860. The molecule has 0 bridgehead atoms. The zero-order chi connectivity index (χ0) is 13.3. The number of sulfonamides is 1. The van der Waals surface area contributed by atoms with Gasteiger partial charge in [-0.1, -0.05) is 6.07 Å². The van der Waals surface area contributed by atoms with Gasteiger partial charge in [0.25, 0.3) is 0 Å². The molecule has 6 nitrogen and oxygen atoms in total. The summed E-state index contributed by atoms with van der Waals surface area (Å²) >= 11 is 0. The molecule has 0 saturated carbocycles. The molecule has 1 unspecified atom stereocenters. The molecule has 4 N–H and O–H groups in total. The third kappa shape index (κ3) is 2.32. The van der Waals surface area contributed by atoms with Crippen LogP contribution in [0.25, 0.3) is 0 Å². The maximum Gasteiger partial charge on any atom is 0.243 e. The summed E-state index contributed by atoms with van der Waals surface area (Å²) in [6, 6.07) is 6.11. The zero-order valence-corrected chi connectivity index (χ0v) is 10.6. The minimum Gasteiger partial charge on any atom is -0.399 e. The van der Waals surface area contributed by atoms with Crippen LogP contribution in [0.5, 0.6) is 0 Å². The standard InChI is InChI=1S/C11H15N3O3S/c12-9-2-1-3-10(6-9)18(16,17)14-5-4-8(7-14)11(13)15/h1-3,6,8H,4-5,7,12H2,(H2,13,15). The Kier molecular flexibility index (Phi) is 3.27. The molecule has 0 spiro atoms. The number of anilines is 1. The van der Waals surface area contributed by atoms with Crippen LogP contribution in [0, 0.1) is 5.92 Å². The lowest BCUT2D eigenvalue weighted by Crippen LogP contribution is -2.31. The maximum absolute atomic E-state index is 12.3. The molecule has 1 atom stereocenters. The van der Waals surface area contributed by atoms with Crippen LogP contribution in [-0.2, 0) is 14.8 Å². The summed E-state index contributed by atoms with van der Waals surface area (Å²) < 4.78 is 25.8. The van der Waals surface area contributed by atoms with Gasteiger partial charge in [0.1, 0.15) is 0 Å². The van der Waals surface area contributed by atoms with E-state index in [9.17, 15) is 13.2 Å². The van der Waals surface area contributed by atoms with Crippen molar-refractivity contribution in [3.05, 3.63) is 24.3 Å². The maximum atomic E-state index is 12.3. The molecule has 1 aromatic rings. The van der Waals surface area contributed by atoms with Gasteiger partial charge in [-0.15, -0.1) is 0 Å². The van der Waals surface area contributed by atoms with Crippen molar-refractivity contribution in [1.29, 1.82) is 0 Å². The Morgan fingerprint density at radius 1 is 1.39 bits per heavy atom. The molecular weight excluding hydrogens is 254 g/mol. The van der Waals surface area contributed by atoms with Gasteiger partial charge in [0.15, 0.2) is 0 Å². The molecule has 0 aliphatic carbocycles. The summed E-state index contributed by atoms with van der Waals surface area (Å²) in [5, 5.41) is 0. The number of primary amides is 1. The van der Waals surface area contributed by atoms with Gasteiger partial charge in [0, 0.05) is 18.8 Å². The summed E-state index contributed by atoms with van der Waals surface area (Å²) in [4.78, 5) is 11.2. The molecule has 1 fully saturated rings. The van der Waals surface area contributed by atoms with E-state index < -0.39 is 21.8 Å². The van der Waals surface area contributed by atoms with Gasteiger partial charge >= 0.3 is 0 Å². The van der Waals surface area contributed by atoms with E-state index in [1.54, 1.807) is 12.1 Å². The van der Waals surface area contributed by atoms with E-state index in [2.05, 4.69) is 0 Å². The van der Waals surface area contributed by atoms with Gasteiger partial charge in [-0.25, -0.2) is 8.42 Å². The van der Waals surface area contributed by atoms with E-state index in [0.29, 0.717) is 18.7 Å². The van der Waals surface area contributed by atoms with Crippen LogP contribution in [0.4, 0.5) is 5.69 Å². The normalized spacial score (nSPS) is 21.0. The van der Waals surface area contributed by atoms with E-state index in [1.165, 1.54) is 16.4 Å². The first-order chi connectivity index (χ1) is 8.41.